The van der Waals surface area contributed by atoms with E-state index in [1.54, 1.807) is 25.8 Å². The van der Waals surface area contributed by atoms with Gasteiger partial charge in [-0.2, -0.15) is 0 Å². The molecular weight excluding hydrogens is 220 g/mol. The van der Waals surface area contributed by atoms with Gasteiger partial charge in [-0.25, -0.2) is 0 Å². The summed E-state index contributed by atoms with van der Waals surface area (Å²) < 4.78 is 5.18. The van der Waals surface area contributed by atoms with E-state index in [-0.39, 0.29) is 11.8 Å². The number of nitrogens with one attached hydrogen (secondary N) is 1. The molecular formula is C12H22N2O3. The van der Waals surface area contributed by atoms with E-state index in [1.807, 2.05) is 6.92 Å². The highest BCUT2D eigenvalue weighted by Crippen LogP contribution is 2.31. The minimum atomic E-state index is -0.825. The number of methoxy groups -OCH3 is 1. The van der Waals surface area contributed by atoms with E-state index in [1.165, 1.54) is 7.11 Å². The van der Waals surface area contributed by atoms with Crippen LogP contribution in [0.4, 0.5) is 0 Å². The Balaban J connectivity index is 2.74. The molecule has 1 heterocycles. The summed E-state index contributed by atoms with van der Waals surface area (Å²) in [6.45, 7) is 6.43. The molecule has 0 bridgehead atoms. The molecule has 1 fully saturated rings. The van der Waals surface area contributed by atoms with Gasteiger partial charge in [-0.3, -0.25) is 9.59 Å². The van der Waals surface area contributed by atoms with Crippen molar-refractivity contribution in [1.29, 1.82) is 0 Å². The van der Waals surface area contributed by atoms with Gasteiger partial charge in [-0.15, -0.1) is 0 Å². The van der Waals surface area contributed by atoms with Gasteiger partial charge in [0.15, 0.2) is 0 Å². The summed E-state index contributed by atoms with van der Waals surface area (Å²) in [6, 6.07) is 0. The first-order chi connectivity index (χ1) is 7.77. The third-order valence-electron chi connectivity index (χ3n) is 3.56. The zero-order valence-corrected chi connectivity index (χ0v) is 11.3. The minimum Gasteiger partial charge on any atom is -0.369 e. The van der Waals surface area contributed by atoms with Crippen LogP contribution in [0, 0.1) is 5.41 Å². The van der Waals surface area contributed by atoms with Crippen molar-refractivity contribution in [3.8, 4) is 0 Å². The molecule has 5 nitrogen and oxygen atoms in total. The lowest BCUT2D eigenvalue weighted by atomic mass is 9.89. The number of nitrogens with zero attached hydrogens (tertiary/aromatic N) is 1. The molecule has 0 aromatic heterocycles. The van der Waals surface area contributed by atoms with E-state index >= 15 is 0 Å². The Morgan fingerprint density at radius 1 is 1.41 bits per heavy atom. The molecule has 1 atom stereocenters. The summed E-state index contributed by atoms with van der Waals surface area (Å²) in [4.78, 5) is 25.6. The molecule has 1 unspecified atom stereocenters. The van der Waals surface area contributed by atoms with Gasteiger partial charge in [0.2, 0.25) is 5.91 Å². The van der Waals surface area contributed by atoms with Crippen LogP contribution in [-0.2, 0) is 14.3 Å². The van der Waals surface area contributed by atoms with E-state index in [9.17, 15) is 9.59 Å². The van der Waals surface area contributed by atoms with Crippen LogP contribution in [0.1, 0.15) is 27.2 Å². The Morgan fingerprint density at radius 3 is 2.47 bits per heavy atom. The summed E-state index contributed by atoms with van der Waals surface area (Å²) in [5.74, 6) is -0.0735. The predicted octanol–water partition coefficient (Wildman–Crippen LogP) is 0.396. The molecule has 1 rings (SSSR count). The number of hydrogen-bond acceptors (Lipinski definition) is 3. The van der Waals surface area contributed by atoms with Crippen LogP contribution in [0.15, 0.2) is 0 Å². The topological polar surface area (TPSA) is 58.6 Å². The highest BCUT2D eigenvalue weighted by molar-refractivity contribution is 5.87. The maximum absolute atomic E-state index is 12.2. The minimum absolute atomic E-state index is 0.0111. The zero-order chi connectivity index (χ0) is 13.3. The molecule has 0 aliphatic carbocycles. The second-order valence-electron chi connectivity index (χ2n) is 5.33. The summed E-state index contributed by atoms with van der Waals surface area (Å²) in [7, 11) is 3.14. The van der Waals surface area contributed by atoms with E-state index < -0.39 is 11.0 Å². The van der Waals surface area contributed by atoms with Gasteiger partial charge in [-0.1, -0.05) is 0 Å². The quantitative estimate of drug-likeness (QED) is 0.779. The van der Waals surface area contributed by atoms with E-state index in [4.69, 9.17) is 4.74 Å². The molecule has 1 N–H and O–H groups in total. The molecule has 0 saturated carbocycles. The van der Waals surface area contributed by atoms with Crippen molar-refractivity contribution in [2.24, 2.45) is 5.41 Å². The first kappa shape index (κ1) is 14.0. The van der Waals surface area contributed by atoms with E-state index in [0.29, 0.717) is 19.5 Å². The maximum atomic E-state index is 12.2. The average Bonchev–Trinajstić information content (AvgIpc) is 2.70. The van der Waals surface area contributed by atoms with Gasteiger partial charge >= 0.3 is 0 Å². The van der Waals surface area contributed by atoms with Crippen LogP contribution in [0.2, 0.25) is 0 Å². The number of ether oxygens (including phenoxy) is 1. The van der Waals surface area contributed by atoms with Gasteiger partial charge in [0.1, 0.15) is 5.60 Å². The average molecular weight is 242 g/mol. The summed E-state index contributed by atoms with van der Waals surface area (Å²) in [5.41, 5.74) is -1.30. The van der Waals surface area contributed by atoms with Crippen molar-refractivity contribution in [1.82, 2.24) is 10.2 Å². The summed E-state index contributed by atoms with van der Waals surface area (Å²) in [5, 5.41) is 2.65. The summed E-state index contributed by atoms with van der Waals surface area (Å²) >= 11 is 0. The van der Waals surface area contributed by atoms with Gasteiger partial charge in [0.05, 0.1) is 5.41 Å². The largest absolute Gasteiger partial charge is 0.369 e. The third kappa shape index (κ3) is 2.60. The van der Waals surface area contributed by atoms with Crippen LogP contribution in [0.5, 0.6) is 0 Å². The molecule has 0 aromatic carbocycles. The Morgan fingerprint density at radius 2 is 2.00 bits per heavy atom. The Bertz CT molecular complexity index is 328. The molecule has 2 amide bonds. The highest BCUT2D eigenvalue weighted by Gasteiger charge is 2.44. The van der Waals surface area contributed by atoms with Crippen molar-refractivity contribution in [2.75, 3.05) is 27.2 Å². The number of rotatable bonds is 3. The van der Waals surface area contributed by atoms with Gasteiger partial charge in [0.25, 0.3) is 5.91 Å². The van der Waals surface area contributed by atoms with Crippen LogP contribution in [0.3, 0.4) is 0 Å². The fourth-order valence-corrected chi connectivity index (χ4v) is 2.09. The Labute approximate surface area is 102 Å². The number of carbonyl (C=O) groups is 2. The molecule has 0 aromatic rings. The van der Waals surface area contributed by atoms with Crippen molar-refractivity contribution in [2.45, 2.75) is 32.8 Å². The van der Waals surface area contributed by atoms with Gasteiger partial charge < -0.3 is 15.0 Å². The maximum Gasteiger partial charge on any atom is 0.254 e. The SMILES string of the molecule is CNC(=O)C1(C)CCN(C(=O)C(C)(C)OC)C1. The fraction of sp³-hybridized carbons (Fsp3) is 0.833. The molecule has 98 valence electrons. The molecule has 1 saturated heterocycles. The molecule has 0 radical (unpaired) electrons. The predicted molar refractivity (Wildman–Crippen MR) is 64.5 cm³/mol. The Hall–Kier alpha value is -1.10. The monoisotopic (exact) mass is 242 g/mol. The number of hydrogen-bond donors (Lipinski definition) is 1. The highest BCUT2D eigenvalue weighted by atomic mass is 16.5. The Kier molecular flexibility index (Phi) is 3.81. The van der Waals surface area contributed by atoms with Crippen LogP contribution in [-0.4, -0.2) is 49.6 Å². The molecule has 1 aliphatic rings. The van der Waals surface area contributed by atoms with Crippen molar-refractivity contribution < 1.29 is 14.3 Å². The summed E-state index contributed by atoms with van der Waals surface area (Å²) in [6.07, 6.45) is 0.693. The number of likely N-dealkylation sites (tertiary alicyclic amines) is 1. The molecule has 1 aliphatic heterocycles. The van der Waals surface area contributed by atoms with E-state index in [2.05, 4.69) is 5.32 Å². The van der Waals surface area contributed by atoms with Gasteiger partial charge in [-0.05, 0) is 27.2 Å². The van der Waals surface area contributed by atoms with Crippen LogP contribution < -0.4 is 5.32 Å². The van der Waals surface area contributed by atoms with Crippen LogP contribution in [0.25, 0.3) is 0 Å². The normalized spacial score (nSPS) is 24.9. The van der Waals surface area contributed by atoms with Crippen molar-refractivity contribution in [3.63, 3.8) is 0 Å². The lowest BCUT2D eigenvalue weighted by Gasteiger charge is -2.29. The van der Waals surface area contributed by atoms with Gasteiger partial charge in [0, 0.05) is 27.2 Å². The fourth-order valence-electron chi connectivity index (χ4n) is 2.09. The van der Waals surface area contributed by atoms with E-state index in [0.717, 1.165) is 0 Å². The smallest absolute Gasteiger partial charge is 0.254 e. The zero-order valence-electron chi connectivity index (χ0n) is 11.3. The second-order valence-corrected chi connectivity index (χ2v) is 5.33. The number of carbonyl (C=O) groups excluding carboxylic acids is 2. The lowest BCUT2D eigenvalue weighted by molar-refractivity contribution is -0.150. The molecule has 5 heteroatoms. The number of amides is 2. The molecule has 17 heavy (non-hydrogen) atoms. The van der Waals surface area contributed by atoms with Crippen LogP contribution >= 0.6 is 0 Å². The third-order valence-corrected chi connectivity index (χ3v) is 3.56. The first-order valence-electron chi connectivity index (χ1n) is 5.83. The lowest BCUT2D eigenvalue weighted by Crippen LogP contribution is -2.47. The second kappa shape index (κ2) is 4.64. The van der Waals surface area contributed by atoms with Crippen molar-refractivity contribution in [3.05, 3.63) is 0 Å². The molecule has 0 spiro atoms. The standard InChI is InChI=1S/C12H22N2O3/c1-11(2,17-5)10(16)14-7-6-12(3,8-14)9(15)13-4/h6-8H2,1-5H3,(H,13,15). The van der Waals surface area contributed by atoms with Crippen molar-refractivity contribution >= 4 is 11.8 Å². The first-order valence-corrected chi connectivity index (χ1v) is 5.83.